The highest BCUT2D eigenvalue weighted by atomic mass is 14.9. The Morgan fingerprint density at radius 3 is 2.67 bits per heavy atom. The molecular weight excluding hydrogens is 222 g/mol. The topological polar surface area (TPSA) is 50.9 Å². The molecule has 94 valence electrons. The Hall–Kier alpha value is -2.03. The van der Waals surface area contributed by atoms with E-state index in [4.69, 9.17) is 5.73 Å². The van der Waals surface area contributed by atoms with Gasteiger partial charge < -0.3 is 11.1 Å². The maximum absolute atomic E-state index is 5.99. The van der Waals surface area contributed by atoms with Gasteiger partial charge in [-0.3, -0.25) is 4.98 Å². The molecule has 18 heavy (non-hydrogen) atoms. The monoisotopic (exact) mass is 241 g/mol. The van der Waals surface area contributed by atoms with Crippen LogP contribution in [0.25, 0.3) is 0 Å². The zero-order valence-electron chi connectivity index (χ0n) is 10.9. The molecule has 0 bridgehead atoms. The van der Waals surface area contributed by atoms with Crippen LogP contribution in [0.2, 0.25) is 0 Å². The molecule has 1 aromatic heterocycles. The summed E-state index contributed by atoms with van der Waals surface area (Å²) in [4.78, 5) is 4.29. The molecule has 3 nitrogen and oxygen atoms in total. The van der Waals surface area contributed by atoms with Crippen LogP contribution in [0.1, 0.15) is 16.8 Å². The lowest BCUT2D eigenvalue weighted by atomic mass is 10.1. The zero-order chi connectivity index (χ0) is 13.0. The van der Waals surface area contributed by atoms with E-state index in [1.807, 2.05) is 30.5 Å². The molecule has 0 amide bonds. The highest BCUT2D eigenvalue weighted by Gasteiger charge is 2.02. The van der Waals surface area contributed by atoms with Crippen LogP contribution in [0.15, 0.2) is 36.5 Å². The quantitative estimate of drug-likeness (QED) is 0.809. The molecule has 0 saturated carbocycles. The normalized spacial score (nSPS) is 10.3. The van der Waals surface area contributed by atoms with Crippen molar-refractivity contribution >= 4 is 11.4 Å². The number of nitrogen functional groups attached to an aromatic ring is 1. The van der Waals surface area contributed by atoms with Crippen molar-refractivity contribution in [2.75, 3.05) is 17.6 Å². The standard InChI is InChI=1S/C15H19N3/c1-11-9-14(16)15(10-12(11)2)18-8-6-13-5-3-4-7-17-13/h3-5,7,9-10,18H,6,8,16H2,1-2H3. The van der Waals surface area contributed by atoms with Gasteiger partial charge in [0.2, 0.25) is 0 Å². The van der Waals surface area contributed by atoms with Gasteiger partial charge in [0.15, 0.2) is 0 Å². The Morgan fingerprint density at radius 2 is 1.94 bits per heavy atom. The smallest absolute Gasteiger partial charge is 0.0576 e. The van der Waals surface area contributed by atoms with Crippen LogP contribution in [0.3, 0.4) is 0 Å². The number of rotatable bonds is 4. The fourth-order valence-corrected chi connectivity index (χ4v) is 1.86. The second kappa shape index (κ2) is 5.54. The lowest BCUT2D eigenvalue weighted by molar-refractivity contribution is 0.961. The molecule has 0 aliphatic rings. The molecule has 1 heterocycles. The largest absolute Gasteiger partial charge is 0.397 e. The summed E-state index contributed by atoms with van der Waals surface area (Å²) in [5.41, 5.74) is 11.4. The van der Waals surface area contributed by atoms with Gasteiger partial charge in [-0.2, -0.15) is 0 Å². The zero-order valence-corrected chi connectivity index (χ0v) is 10.9. The Bertz CT molecular complexity index is 521. The summed E-state index contributed by atoms with van der Waals surface area (Å²) >= 11 is 0. The predicted molar refractivity (Wildman–Crippen MR) is 76.8 cm³/mol. The van der Waals surface area contributed by atoms with Crippen LogP contribution in [0, 0.1) is 13.8 Å². The molecule has 2 aromatic rings. The van der Waals surface area contributed by atoms with Gasteiger partial charge >= 0.3 is 0 Å². The van der Waals surface area contributed by atoms with Gasteiger partial charge in [-0.15, -0.1) is 0 Å². The average molecular weight is 241 g/mol. The summed E-state index contributed by atoms with van der Waals surface area (Å²) in [7, 11) is 0. The molecule has 2 rings (SSSR count). The van der Waals surface area contributed by atoms with E-state index in [0.29, 0.717) is 0 Å². The second-order valence-electron chi connectivity index (χ2n) is 4.52. The molecule has 0 spiro atoms. The molecule has 0 aliphatic carbocycles. The summed E-state index contributed by atoms with van der Waals surface area (Å²) in [5, 5.41) is 3.36. The van der Waals surface area contributed by atoms with Gasteiger partial charge in [0.25, 0.3) is 0 Å². The lowest BCUT2D eigenvalue weighted by Crippen LogP contribution is -2.08. The molecule has 0 saturated heterocycles. The molecule has 0 unspecified atom stereocenters. The molecule has 0 atom stereocenters. The molecule has 3 N–H and O–H groups in total. The van der Waals surface area contributed by atoms with E-state index in [-0.39, 0.29) is 0 Å². The minimum absolute atomic E-state index is 0.805. The molecule has 3 heteroatoms. The molecule has 1 aromatic carbocycles. The average Bonchev–Trinajstić information content (AvgIpc) is 2.37. The SMILES string of the molecule is Cc1cc(N)c(NCCc2ccccn2)cc1C. The van der Waals surface area contributed by atoms with Gasteiger partial charge in [0.1, 0.15) is 0 Å². The van der Waals surface area contributed by atoms with E-state index in [1.54, 1.807) is 0 Å². The summed E-state index contributed by atoms with van der Waals surface area (Å²) in [6, 6.07) is 10.1. The van der Waals surface area contributed by atoms with E-state index in [2.05, 4.69) is 30.2 Å². The second-order valence-corrected chi connectivity index (χ2v) is 4.52. The van der Waals surface area contributed by atoms with Gasteiger partial charge in [-0.1, -0.05) is 6.07 Å². The number of anilines is 2. The number of pyridine rings is 1. The number of aromatic nitrogens is 1. The lowest BCUT2D eigenvalue weighted by Gasteiger charge is -2.11. The van der Waals surface area contributed by atoms with Crippen molar-refractivity contribution in [3.05, 3.63) is 53.3 Å². The Labute approximate surface area is 108 Å². The number of nitrogens with two attached hydrogens (primary N) is 1. The molecule has 0 radical (unpaired) electrons. The van der Waals surface area contributed by atoms with Crippen LogP contribution in [-0.2, 0) is 6.42 Å². The number of aryl methyl sites for hydroxylation is 2. The summed E-state index contributed by atoms with van der Waals surface area (Å²) < 4.78 is 0. The fourth-order valence-electron chi connectivity index (χ4n) is 1.86. The van der Waals surface area contributed by atoms with Crippen LogP contribution < -0.4 is 11.1 Å². The first-order chi connectivity index (χ1) is 8.66. The summed E-state index contributed by atoms with van der Waals surface area (Å²) in [6.45, 7) is 5.01. The molecule has 0 fully saturated rings. The van der Waals surface area contributed by atoms with Crippen molar-refractivity contribution in [2.24, 2.45) is 0 Å². The van der Waals surface area contributed by atoms with E-state index < -0.39 is 0 Å². The van der Waals surface area contributed by atoms with Gasteiger partial charge in [-0.05, 0) is 49.2 Å². The number of nitrogens with zero attached hydrogens (tertiary/aromatic N) is 1. The van der Waals surface area contributed by atoms with Crippen LogP contribution in [0.5, 0.6) is 0 Å². The maximum atomic E-state index is 5.99. The summed E-state index contributed by atoms with van der Waals surface area (Å²) in [6.07, 6.45) is 2.72. The van der Waals surface area contributed by atoms with E-state index in [0.717, 1.165) is 30.0 Å². The number of hydrogen-bond acceptors (Lipinski definition) is 3. The van der Waals surface area contributed by atoms with Gasteiger partial charge in [-0.25, -0.2) is 0 Å². The van der Waals surface area contributed by atoms with Crippen molar-refractivity contribution in [1.82, 2.24) is 4.98 Å². The van der Waals surface area contributed by atoms with Crippen molar-refractivity contribution in [1.29, 1.82) is 0 Å². The van der Waals surface area contributed by atoms with Crippen LogP contribution in [0.4, 0.5) is 11.4 Å². The van der Waals surface area contributed by atoms with Crippen molar-refractivity contribution < 1.29 is 0 Å². The molecule has 0 aliphatic heterocycles. The third-order valence-electron chi connectivity index (χ3n) is 3.09. The first-order valence-corrected chi connectivity index (χ1v) is 6.17. The highest BCUT2D eigenvalue weighted by molar-refractivity contribution is 5.68. The number of benzene rings is 1. The predicted octanol–water partition coefficient (Wildman–Crippen LogP) is 2.94. The van der Waals surface area contributed by atoms with Crippen molar-refractivity contribution in [2.45, 2.75) is 20.3 Å². The van der Waals surface area contributed by atoms with Crippen molar-refractivity contribution in [3.8, 4) is 0 Å². The van der Waals surface area contributed by atoms with Crippen LogP contribution >= 0.6 is 0 Å². The fraction of sp³-hybridized carbons (Fsp3) is 0.267. The van der Waals surface area contributed by atoms with E-state index in [1.165, 1.54) is 11.1 Å². The molecular formula is C15H19N3. The Morgan fingerprint density at radius 1 is 1.17 bits per heavy atom. The van der Waals surface area contributed by atoms with Crippen molar-refractivity contribution in [3.63, 3.8) is 0 Å². The highest BCUT2D eigenvalue weighted by Crippen LogP contribution is 2.22. The van der Waals surface area contributed by atoms with E-state index in [9.17, 15) is 0 Å². The van der Waals surface area contributed by atoms with Gasteiger partial charge in [0, 0.05) is 24.9 Å². The Balaban J connectivity index is 1.97. The minimum atomic E-state index is 0.805. The van der Waals surface area contributed by atoms with Gasteiger partial charge in [0.05, 0.1) is 11.4 Å². The summed E-state index contributed by atoms with van der Waals surface area (Å²) in [5.74, 6) is 0. The Kier molecular flexibility index (Phi) is 3.82. The number of nitrogens with one attached hydrogen (secondary N) is 1. The van der Waals surface area contributed by atoms with Crippen LogP contribution in [-0.4, -0.2) is 11.5 Å². The maximum Gasteiger partial charge on any atom is 0.0576 e. The first kappa shape index (κ1) is 12.4. The number of hydrogen-bond donors (Lipinski definition) is 2. The van der Waals surface area contributed by atoms with E-state index >= 15 is 0 Å². The third-order valence-corrected chi connectivity index (χ3v) is 3.09. The third kappa shape index (κ3) is 3.00. The minimum Gasteiger partial charge on any atom is -0.397 e. The first-order valence-electron chi connectivity index (χ1n) is 6.17.